The Labute approximate surface area is 115 Å². The molecule has 100 valence electrons. The van der Waals surface area contributed by atoms with Gasteiger partial charge < -0.3 is 10.6 Å². The van der Waals surface area contributed by atoms with Crippen LogP contribution in [0.5, 0.6) is 0 Å². The second-order valence-corrected chi connectivity index (χ2v) is 4.34. The SMILES string of the molecule is CCNc1cc(C(=O)Nc2cnn(C)c2)cc(Cl)n1. The first kappa shape index (κ1) is 13.4. The smallest absolute Gasteiger partial charge is 0.255 e. The summed E-state index contributed by atoms with van der Waals surface area (Å²) < 4.78 is 1.61. The minimum Gasteiger partial charge on any atom is -0.370 e. The molecule has 2 heterocycles. The highest BCUT2D eigenvalue weighted by molar-refractivity contribution is 6.30. The molecule has 0 fully saturated rings. The second-order valence-electron chi connectivity index (χ2n) is 3.95. The maximum absolute atomic E-state index is 12.1. The number of nitrogens with one attached hydrogen (secondary N) is 2. The lowest BCUT2D eigenvalue weighted by molar-refractivity contribution is 0.102. The number of aryl methyl sites for hydroxylation is 1. The molecular formula is C12H14ClN5O. The third-order valence-electron chi connectivity index (χ3n) is 2.38. The molecule has 0 spiro atoms. The molecule has 0 bridgehead atoms. The molecule has 0 saturated heterocycles. The molecule has 0 aliphatic heterocycles. The van der Waals surface area contributed by atoms with E-state index in [9.17, 15) is 4.79 Å². The summed E-state index contributed by atoms with van der Waals surface area (Å²) in [6.07, 6.45) is 3.29. The normalized spacial score (nSPS) is 10.3. The average Bonchev–Trinajstić information content (AvgIpc) is 2.74. The second kappa shape index (κ2) is 5.71. The molecule has 19 heavy (non-hydrogen) atoms. The summed E-state index contributed by atoms with van der Waals surface area (Å²) in [4.78, 5) is 16.1. The van der Waals surface area contributed by atoms with Crippen molar-refractivity contribution in [2.24, 2.45) is 7.05 Å². The molecule has 6 nitrogen and oxygen atoms in total. The highest BCUT2D eigenvalue weighted by Crippen LogP contribution is 2.16. The predicted octanol–water partition coefficient (Wildman–Crippen LogP) is 2.15. The summed E-state index contributed by atoms with van der Waals surface area (Å²) >= 11 is 5.89. The number of rotatable bonds is 4. The van der Waals surface area contributed by atoms with Gasteiger partial charge in [0.1, 0.15) is 11.0 Å². The molecule has 1 amide bonds. The molecule has 0 saturated carbocycles. The van der Waals surface area contributed by atoms with Crippen LogP contribution in [0.3, 0.4) is 0 Å². The Bertz CT molecular complexity index is 596. The van der Waals surface area contributed by atoms with Crippen LogP contribution in [0, 0.1) is 0 Å². The van der Waals surface area contributed by atoms with Crippen molar-refractivity contribution in [2.45, 2.75) is 6.92 Å². The zero-order valence-corrected chi connectivity index (χ0v) is 11.4. The largest absolute Gasteiger partial charge is 0.370 e. The number of aromatic nitrogens is 3. The maximum Gasteiger partial charge on any atom is 0.255 e. The molecule has 0 radical (unpaired) electrons. The maximum atomic E-state index is 12.1. The van der Waals surface area contributed by atoms with E-state index in [0.717, 1.165) is 0 Å². The van der Waals surface area contributed by atoms with Crippen molar-refractivity contribution < 1.29 is 4.79 Å². The summed E-state index contributed by atoms with van der Waals surface area (Å²) in [7, 11) is 1.78. The van der Waals surface area contributed by atoms with Gasteiger partial charge in [-0.1, -0.05) is 11.6 Å². The summed E-state index contributed by atoms with van der Waals surface area (Å²) in [5.41, 5.74) is 1.07. The van der Waals surface area contributed by atoms with E-state index in [-0.39, 0.29) is 11.1 Å². The van der Waals surface area contributed by atoms with Gasteiger partial charge in [-0.25, -0.2) is 4.98 Å². The lowest BCUT2D eigenvalue weighted by Gasteiger charge is -2.06. The van der Waals surface area contributed by atoms with Gasteiger partial charge in [-0.15, -0.1) is 0 Å². The van der Waals surface area contributed by atoms with Crippen LogP contribution in [0.4, 0.5) is 11.5 Å². The van der Waals surface area contributed by atoms with E-state index in [1.807, 2.05) is 6.92 Å². The fourth-order valence-electron chi connectivity index (χ4n) is 1.59. The van der Waals surface area contributed by atoms with Crippen LogP contribution in [-0.4, -0.2) is 27.2 Å². The molecule has 0 aliphatic carbocycles. The zero-order chi connectivity index (χ0) is 13.8. The summed E-state index contributed by atoms with van der Waals surface area (Å²) in [6.45, 7) is 2.65. The lowest BCUT2D eigenvalue weighted by Crippen LogP contribution is -2.12. The lowest BCUT2D eigenvalue weighted by atomic mass is 10.2. The van der Waals surface area contributed by atoms with Crippen molar-refractivity contribution in [1.82, 2.24) is 14.8 Å². The molecule has 2 aromatic rings. The zero-order valence-electron chi connectivity index (χ0n) is 10.6. The van der Waals surface area contributed by atoms with E-state index in [1.165, 1.54) is 6.07 Å². The van der Waals surface area contributed by atoms with Gasteiger partial charge in [0.25, 0.3) is 5.91 Å². The van der Waals surface area contributed by atoms with E-state index < -0.39 is 0 Å². The molecule has 2 aromatic heterocycles. The number of nitrogens with zero attached hydrogens (tertiary/aromatic N) is 3. The highest BCUT2D eigenvalue weighted by Gasteiger charge is 2.10. The van der Waals surface area contributed by atoms with Gasteiger partial charge in [-0.05, 0) is 19.1 Å². The standard InChI is InChI=1S/C12H14ClN5O/c1-3-14-11-5-8(4-10(13)17-11)12(19)16-9-6-15-18(2)7-9/h4-7H,3H2,1-2H3,(H,14,17)(H,16,19). The minimum atomic E-state index is -0.253. The molecular weight excluding hydrogens is 266 g/mol. The molecule has 0 unspecified atom stereocenters. The Hall–Kier alpha value is -2.08. The third kappa shape index (κ3) is 3.45. The van der Waals surface area contributed by atoms with Crippen molar-refractivity contribution >= 4 is 29.0 Å². The van der Waals surface area contributed by atoms with Gasteiger partial charge in [0, 0.05) is 25.4 Å². The van der Waals surface area contributed by atoms with Crippen LogP contribution < -0.4 is 10.6 Å². The van der Waals surface area contributed by atoms with Crippen LogP contribution in [0.15, 0.2) is 24.5 Å². The van der Waals surface area contributed by atoms with E-state index in [0.29, 0.717) is 23.6 Å². The van der Waals surface area contributed by atoms with Crippen molar-refractivity contribution in [3.8, 4) is 0 Å². The highest BCUT2D eigenvalue weighted by atomic mass is 35.5. The third-order valence-corrected chi connectivity index (χ3v) is 2.57. The molecule has 0 aliphatic rings. The molecule has 0 aromatic carbocycles. The number of carbonyl (C=O) groups excluding carboxylic acids is 1. The Kier molecular flexibility index (Phi) is 4.01. The van der Waals surface area contributed by atoms with Gasteiger partial charge in [0.15, 0.2) is 0 Å². The first-order valence-corrected chi connectivity index (χ1v) is 6.17. The van der Waals surface area contributed by atoms with Gasteiger partial charge in [0.05, 0.1) is 11.9 Å². The Morgan fingerprint density at radius 3 is 2.89 bits per heavy atom. The van der Waals surface area contributed by atoms with Crippen LogP contribution in [0.1, 0.15) is 17.3 Å². The number of anilines is 2. The van der Waals surface area contributed by atoms with Gasteiger partial charge in [0.2, 0.25) is 0 Å². The summed E-state index contributed by atoms with van der Waals surface area (Å²) in [5.74, 6) is 0.322. The molecule has 7 heteroatoms. The monoisotopic (exact) mass is 279 g/mol. The molecule has 2 N–H and O–H groups in total. The van der Waals surface area contributed by atoms with Crippen molar-refractivity contribution in [1.29, 1.82) is 0 Å². The number of halogens is 1. The quantitative estimate of drug-likeness (QED) is 0.841. The topological polar surface area (TPSA) is 71.8 Å². The van der Waals surface area contributed by atoms with Crippen LogP contribution in [-0.2, 0) is 7.05 Å². The number of hydrogen-bond donors (Lipinski definition) is 2. The fraction of sp³-hybridized carbons (Fsp3) is 0.250. The number of hydrogen-bond acceptors (Lipinski definition) is 4. The van der Waals surface area contributed by atoms with E-state index in [1.54, 1.807) is 30.2 Å². The van der Waals surface area contributed by atoms with Crippen molar-refractivity contribution in [3.05, 3.63) is 35.2 Å². The number of carbonyl (C=O) groups is 1. The molecule has 0 atom stereocenters. The average molecular weight is 280 g/mol. The molecule has 2 rings (SSSR count). The Balaban J connectivity index is 2.18. The Morgan fingerprint density at radius 2 is 2.26 bits per heavy atom. The number of amides is 1. The van der Waals surface area contributed by atoms with Crippen LogP contribution in [0.25, 0.3) is 0 Å². The van der Waals surface area contributed by atoms with Gasteiger partial charge >= 0.3 is 0 Å². The Morgan fingerprint density at radius 1 is 1.47 bits per heavy atom. The first-order chi connectivity index (χ1) is 9.08. The van der Waals surface area contributed by atoms with Crippen LogP contribution in [0.2, 0.25) is 5.15 Å². The fourth-order valence-corrected chi connectivity index (χ4v) is 1.80. The summed E-state index contributed by atoms with van der Waals surface area (Å²) in [6, 6.07) is 3.18. The van der Waals surface area contributed by atoms with E-state index >= 15 is 0 Å². The van der Waals surface area contributed by atoms with Crippen LogP contribution >= 0.6 is 11.6 Å². The van der Waals surface area contributed by atoms with E-state index in [4.69, 9.17) is 11.6 Å². The van der Waals surface area contributed by atoms with E-state index in [2.05, 4.69) is 20.7 Å². The van der Waals surface area contributed by atoms with Crippen molar-refractivity contribution in [3.63, 3.8) is 0 Å². The number of pyridine rings is 1. The minimum absolute atomic E-state index is 0.253. The van der Waals surface area contributed by atoms with Crippen molar-refractivity contribution in [2.75, 3.05) is 17.2 Å². The first-order valence-electron chi connectivity index (χ1n) is 5.80. The predicted molar refractivity (Wildman–Crippen MR) is 74.6 cm³/mol. The van der Waals surface area contributed by atoms with Gasteiger partial charge in [-0.2, -0.15) is 5.10 Å². The summed E-state index contributed by atoms with van der Waals surface area (Å²) in [5, 5.41) is 10.0. The van der Waals surface area contributed by atoms with Gasteiger partial charge in [-0.3, -0.25) is 9.48 Å².